The molecule has 0 aliphatic heterocycles. The summed E-state index contributed by atoms with van der Waals surface area (Å²) in [6.07, 6.45) is 8.54. The van der Waals surface area contributed by atoms with Gasteiger partial charge in [0.15, 0.2) is 17.5 Å². The molecule has 5 heteroatoms. The Balaban J connectivity index is 0.928. The summed E-state index contributed by atoms with van der Waals surface area (Å²) in [5.41, 5.74) is 10.1. The molecule has 62 heavy (non-hydrogen) atoms. The molecule has 0 spiro atoms. The molecule has 4 fully saturated rings. The summed E-state index contributed by atoms with van der Waals surface area (Å²) in [7, 11) is 0. The third-order valence-corrected chi connectivity index (χ3v) is 14.9. The summed E-state index contributed by atoms with van der Waals surface area (Å²) in [5.74, 6) is 4.48. The molecule has 4 aliphatic carbocycles. The second-order valence-electron chi connectivity index (χ2n) is 18.6. The van der Waals surface area contributed by atoms with Crippen LogP contribution < -0.4 is 0 Å². The van der Waals surface area contributed by atoms with Crippen LogP contribution in [-0.2, 0) is 5.41 Å². The van der Waals surface area contributed by atoms with Crippen molar-refractivity contribution < 1.29 is 8.83 Å². The van der Waals surface area contributed by atoms with Gasteiger partial charge in [0.05, 0.1) is 11.1 Å². The monoisotopic (exact) mass is 799 g/mol. The van der Waals surface area contributed by atoms with Gasteiger partial charge in [-0.05, 0) is 130 Å². The maximum atomic E-state index is 6.88. The maximum Gasteiger partial charge on any atom is 0.167 e. The highest BCUT2D eigenvalue weighted by atomic mass is 16.3. The SMILES string of the molecule is c1ccc2cc3c(cc2c1)oc1c(-c2nc(-c4ccc(-c5ccc(C67CC8CC(CC(C8)C6)C7)cc5)cc4)nc(-c4cccc5c4oc4ccccc45)n2)cc2ccccc2c13. The molecule has 4 aliphatic rings. The Bertz CT molecular complexity index is 3580. The zero-order valence-corrected chi connectivity index (χ0v) is 34.1. The van der Waals surface area contributed by atoms with E-state index in [0.717, 1.165) is 94.5 Å². The van der Waals surface area contributed by atoms with Crippen molar-refractivity contribution in [2.75, 3.05) is 0 Å². The molecule has 0 saturated heterocycles. The minimum absolute atomic E-state index is 0.394. The Morgan fingerprint density at radius 3 is 1.71 bits per heavy atom. The van der Waals surface area contributed by atoms with Crippen molar-refractivity contribution in [1.82, 2.24) is 15.0 Å². The number of hydrogen-bond acceptors (Lipinski definition) is 5. The van der Waals surface area contributed by atoms with Crippen LogP contribution in [-0.4, -0.2) is 15.0 Å². The van der Waals surface area contributed by atoms with E-state index in [9.17, 15) is 0 Å². The van der Waals surface area contributed by atoms with Gasteiger partial charge in [0, 0.05) is 27.1 Å². The van der Waals surface area contributed by atoms with Crippen LogP contribution in [0.3, 0.4) is 0 Å². The molecule has 15 rings (SSSR count). The third kappa shape index (κ3) is 5.24. The van der Waals surface area contributed by atoms with Crippen LogP contribution >= 0.6 is 0 Å². The Morgan fingerprint density at radius 1 is 0.403 bits per heavy atom. The fraction of sp³-hybridized carbons (Fsp3) is 0.175. The van der Waals surface area contributed by atoms with Gasteiger partial charge in [-0.25, -0.2) is 15.0 Å². The van der Waals surface area contributed by atoms with Gasteiger partial charge in [-0.15, -0.1) is 0 Å². The average Bonchev–Trinajstić information content (AvgIpc) is 3.89. The molecule has 3 aromatic heterocycles. The lowest BCUT2D eigenvalue weighted by Crippen LogP contribution is -2.48. The summed E-state index contributed by atoms with van der Waals surface area (Å²) in [5, 5.41) is 8.73. The molecule has 4 saturated carbocycles. The highest BCUT2D eigenvalue weighted by Crippen LogP contribution is 2.61. The molecule has 0 unspecified atom stereocenters. The van der Waals surface area contributed by atoms with Crippen molar-refractivity contribution in [2.45, 2.75) is 43.9 Å². The average molecular weight is 800 g/mol. The summed E-state index contributed by atoms with van der Waals surface area (Å²) in [6.45, 7) is 0. The van der Waals surface area contributed by atoms with Gasteiger partial charge in [0.2, 0.25) is 0 Å². The van der Waals surface area contributed by atoms with Crippen molar-refractivity contribution in [1.29, 1.82) is 0 Å². The van der Waals surface area contributed by atoms with E-state index >= 15 is 0 Å². The zero-order chi connectivity index (χ0) is 40.5. The lowest BCUT2D eigenvalue weighted by atomic mass is 9.48. The van der Waals surface area contributed by atoms with Gasteiger partial charge >= 0.3 is 0 Å². The molecule has 3 heterocycles. The van der Waals surface area contributed by atoms with Crippen molar-refractivity contribution in [3.8, 4) is 45.3 Å². The van der Waals surface area contributed by atoms with Crippen LogP contribution in [0.25, 0.3) is 111 Å². The van der Waals surface area contributed by atoms with Crippen LogP contribution in [0, 0.1) is 17.8 Å². The fourth-order valence-electron chi connectivity index (χ4n) is 12.4. The van der Waals surface area contributed by atoms with E-state index in [1.807, 2.05) is 24.3 Å². The standard InChI is InChI=1S/C57H41N3O2/c1-2-9-40-29-50-47(27-39(40)8-1)51-43-11-4-3-10-41(43)28-48(53(51)62-50)56-59-54(58-55(60-56)46-14-7-13-45-44-12-5-6-15-49(44)61-52(45)46)38-18-16-36(17-19-38)37-20-22-42(23-21-37)57-30-33-24-34(31-57)26-35(25-33)32-57/h1-23,27-29,33-35H,24-26,30-32H2. The first-order chi connectivity index (χ1) is 30.6. The molecule has 0 N–H and O–H groups in total. The van der Waals surface area contributed by atoms with Gasteiger partial charge in [-0.3, -0.25) is 0 Å². The van der Waals surface area contributed by atoms with E-state index in [2.05, 4.69) is 133 Å². The van der Waals surface area contributed by atoms with Gasteiger partial charge in [0.1, 0.15) is 22.3 Å². The van der Waals surface area contributed by atoms with E-state index < -0.39 is 0 Å². The zero-order valence-electron chi connectivity index (χ0n) is 34.1. The molecule has 8 aromatic carbocycles. The quantitative estimate of drug-likeness (QED) is 0.173. The predicted molar refractivity (Wildman–Crippen MR) is 251 cm³/mol. The number of furan rings is 2. The van der Waals surface area contributed by atoms with Gasteiger partial charge < -0.3 is 8.83 Å². The summed E-state index contributed by atoms with van der Waals surface area (Å²) in [6, 6.07) is 56.2. The van der Waals surface area contributed by atoms with Crippen LogP contribution in [0.5, 0.6) is 0 Å². The normalized spacial score (nSPS) is 20.7. The van der Waals surface area contributed by atoms with E-state index in [4.69, 9.17) is 23.8 Å². The highest BCUT2D eigenvalue weighted by molar-refractivity contribution is 6.23. The molecule has 5 nitrogen and oxygen atoms in total. The Hall–Kier alpha value is -7.11. The predicted octanol–water partition coefficient (Wildman–Crippen LogP) is 15.1. The molecule has 0 radical (unpaired) electrons. The van der Waals surface area contributed by atoms with Crippen LogP contribution in [0.15, 0.2) is 167 Å². The van der Waals surface area contributed by atoms with Crippen molar-refractivity contribution in [3.05, 3.63) is 163 Å². The molecule has 0 amide bonds. The van der Waals surface area contributed by atoms with Gasteiger partial charge in [-0.2, -0.15) is 0 Å². The van der Waals surface area contributed by atoms with E-state index in [0.29, 0.717) is 22.9 Å². The summed E-state index contributed by atoms with van der Waals surface area (Å²) >= 11 is 0. The fourth-order valence-corrected chi connectivity index (χ4v) is 12.4. The van der Waals surface area contributed by atoms with E-state index in [1.54, 1.807) is 5.56 Å². The Labute approximate surface area is 358 Å². The van der Waals surface area contributed by atoms with E-state index in [1.165, 1.54) is 55.0 Å². The Morgan fingerprint density at radius 2 is 0.968 bits per heavy atom. The number of benzene rings is 8. The minimum atomic E-state index is 0.394. The van der Waals surface area contributed by atoms with E-state index in [-0.39, 0.29) is 0 Å². The smallest absolute Gasteiger partial charge is 0.167 e. The second kappa shape index (κ2) is 13.0. The third-order valence-electron chi connectivity index (χ3n) is 14.9. The number of nitrogens with zero attached hydrogens (tertiary/aromatic N) is 3. The van der Waals surface area contributed by atoms with Crippen LogP contribution in [0.1, 0.15) is 44.1 Å². The van der Waals surface area contributed by atoms with Gasteiger partial charge in [-0.1, -0.05) is 127 Å². The highest BCUT2D eigenvalue weighted by Gasteiger charge is 2.51. The first-order valence-corrected chi connectivity index (χ1v) is 22.2. The minimum Gasteiger partial charge on any atom is -0.455 e. The second-order valence-corrected chi connectivity index (χ2v) is 18.6. The summed E-state index contributed by atoms with van der Waals surface area (Å²) < 4.78 is 13.4. The van der Waals surface area contributed by atoms with Crippen molar-refractivity contribution in [2.24, 2.45) is 17.8 Å². The largest absolute Gasteiger partial charge is 0.455 e. The molecule has 0 atom stereocenters. The number of fused-ring (bicyclic) bond motifs is 9. The summed E-state index contributed by atoms with van der Waals surface area (Å²) in [4.78, 5) is 15.8. The number of para-hydroxylation sites is 2. The van der Waals surface area contributed by atoms with Crippen molar-refractivity contribution in [3.63, 3.8) is 0 Å². The number of aromatic nitrogens is 3. The molecular weight excluding hydrogens is 759 g/mol. The number of hydrogen-bond donors (Lipinski definition) is 0. The molecule has 11 aromatic rings. The lowest BCUT2D eigenvalue weighted by Gasteiger charge is -2.57. The number of rotatable bonds is 5. The molecular formula is C57H41N3O2. The first-order valence-electron chi connectivity index (χ1n) is 22.2. The topological polar surface area (TPSA) is 65.0 Å². The molecule has 4 bridgehead atoms. The van der Waals surface area contributed by atoms with Crippen molar-refractivity contribution >= 4 is 65.4 Å². The van der Waals surface area contributed by atoms with Crippen LogP contribution in [0.4, 0.5) is 0 Å². The molecule has 296 valence electrons. The van der Waals surface area contributed by atoms with Crippen LogP contribution in [0.2, 0.25) is 0 Å². The lowest BCUT2D eigenvalue weighted by molar-refractivity contribution is -0.00518. The first kappa shape index (κ1) is 34.6. The van der Waals surface area contributed by atoms with Gasteiger partial charge in [0.25, 0.3) is 0 Å². The Kier molecular flexibility index (Phi) is 7.22. The maximum absolute atomic E-state index is 6.88.